The molecule has 1 saturated carbocycles. The number of nitriles is 1. The van der Waals surface area contributed by atoms with E-state index in [1.807, 2.05) is 0 Å². The van der Waals surface area contributed by atoms with Gasteiger partial charge in [0.25, 0.3) is 12.3 Å². The fraction of sp³-hybridized carbons (Fsp3) is 0.421. The number of benzene rings is 1. The van der Waals surface area contributed by atoms with Crippen LogP contribution in [-0.2, 0) is 4.79 Å². The number of rotatable bonds is 8. The molecule has 3 atom stereocenters. The van der Waals surface area contributed by atoms with Gasteiger partial charge < -0.3 is 22.1 Å². The van der Waals surface area contributed by atoms with Gasteiger partial charge in [0.05, 0.1) is 34.8 Å². The Kier molecular flexibility index (Phi) is 8.50. The summed E-state index contributed by atoms with van der Waals surface area (Å²) in [5.41, 5.74) is 11.2. The molecule has 30 heavy (non-hydrogen) atoms. The van der Waals surface area contributed by atoms with Gasteiger partial charge in [-0.2, -0.15) is 5.26 Å². The standard InChI is InChI=1S/C19H22ClF3N6O/c20-14-3-1-12(6-15(14)21)29-18(25)13(19(26)30)8-28-16-4-2-11(5-10(16)7-24)27-9-17(22)23/h1,3,6,8,10-11,16-17,27-28H,2,4-5,9H2,(H2,25,29)(H2,26,30)/b13-8+/t10-,11+,16+/m1/s1. The number of hydrogen-bond acceptors (Lipinski definition) is 5. The Hall–Kier alpha value is -2.77. The molecule has 6 N–H and O–H groups in total. The van der Waals surface area contributed by atoms with Gasteiger partial charge in [-0.15, -0.1) is 0 Å². The predicted molar refractivity (Wildman–Crippen MR) is 108 cm³/mol. The van der Waals surface area contributed by atoms with Crippen LogP contribution in [0.2, 0.25) is 5.02 Å². The Morgan fingerprint density at radius 2 is 2.13 bits per heavy atom. The zero-order valence-corrected chi connectivity index (χ0v) is 16.7. The summed E-state index contributed by atoms with van der Waals surface area (Å²) < 4.78 is 38.3. The minimum absolute atomic E-state index is 0.0824. The largest absolute Gasteiger partial charge is 0.386 e. The van der Waals surface area contributed by atoms with Crippen molar-refractivity contribution in [3.05, 3.63) is 40.8 Å². The molecule has 1 fully saturated rings. The van der Waals surface area contributed by atoms with Gasteiger partial charge in [-0.05, 0) is 31.4 Å². The molecule has 1 amide bonds. The molecule has 1 aliphatic rings. The lowest BCUT2D eigenvalue weighted by Gasteiger charge is -2.33. The summed E-state index contributed by atoms with van der Waals surface area (Å²) in [5, 5.41) is 15.0. The summed E-state index contributed by atoms with van der Waals surface area (Å²) in [6, 6.07) is 5.42. The number of amides is 1. The van der Waals surface area contributed by atoms with E-state index in [1.165, 1.54) is 18.3 Å². The number of aliphatic imine (C=N–C) groups is 1. The van der Waals surface area contributed by atoms with Gasteiger partial charge >= 0.3 is 0 Å². The van der Waals surface area contributed by atoms with Gasteiger partial charge in [0, 0.05) is 24.4 Å². The Bertz CT molecular complexity index is 870. The first kappa shape index (κ1) is 23.5. The van der Waals surface area contributed by atoms with E-state index in [9.17, 15) is 23.2 Å². The molecule has 0 saturated heterocycles. The third-order valence-electron chi connectivity index (χ3n) is 4.71. The smallest absolute Gasteiger partial charge is 0.253 e. The van der Waals surface area contributed by atoms with Crippen molar-refractivity contribution in [1.29, 1.82) is 5.26 Å². The number of halogens is 4. The van der Waals surface area contributed by atoms with Crippen LogP contribution in [0.1, 0.15) is 19.3 Å². The highest BCUT2D eigenvalue weighted by Gasteiger charge is 2.30. The highest BCUT2D eigenvalue weighted by Crippen LogP contribution is 2.25. The maximum absolute atomic E-state index is 13.6. The molecular weight excluding hydrogens is 421 g/mol. The molecule has 11 heteroatoms. The molecule has 0 spiro atoms. The van der Waals surface area contributed by atoms with Crippen molar-refractivity contribution < 1.29 is 18.0 Å². The Labute approximate surface area is 177 Å². The second-order valence-corrected chi connectivity index (χ2v) is 7.24. The van der Waals surface area contributed by atoms with E-state index < -0.39 is 30.6 Å². The maximum Gasteiger partial charge on any atom is 0.253 e. The first-order valence-corrected chi connectivity index (χ1v) is 9.55. The van der Waals surface area contributed by atoms with Crippen LogP contribution in [-0.4, -0.2) is 36.8 Å². The number of nitrogens with one attached hydrogen (secondary N) is 2. The molecule has 1 aliphatic carbocycles. The van der Waals surface area contributed by atoms with Crippen molar-refractivity contribution in [2.75, 3.05) is 6.54 Å². The number of carbonyl (C=O) groups is 1. The highest BCUT2D eigenvalue weighted by molar-refractivity contribution is 6.30. The summed E-state index contributed by atoms with van der Waals surface area (Å²) in [5.74, 6) is -2.26. The highest BCUT2D eigenvalue weighted by atomic mass is 35.5. The lowest BCUT2D eigenvalue weighted by Crippen LogP contribution is -2.45. The number of alkyl halides is 2. The van der Waals surface area contributed by atoms with Crippen LogP contribution in [0, 0.1) is 23.1 Å². The molecule has 0 heterocycles. The minimum atomic E-state index is -2.46. The van der Waals surface area contributed by atoms with Crippen LogP contribution >= 0.6 is 11.6 Å². The topological polar surface area (TPSA) is 129 Å². The zero-order valence-electron chi connectivity index (χ0n) is 15.9. The van der Waals surface area contributed by atoms with Crippen molar-refractivity contribution in [2.45, 2.75) is 37.8 Å². The van der Waals surface area contributed by atoms with Gasteiger partial charge in [0.2, 0.25) is 0 Å². The summed E-state index contributed by atoms with van der Waals surface area (Å²) in [6.07, 6.45) is 0.291. The Morgan fingerprint density at radius 3 is 2.73 bits per heavy atom. The lowest BCUT2D eigenvalue weighted by atomic mass is 9.82. The molecule has 7 nitrogen and oxygen atoms in total. The Balaban J connectivity index is 2.10. The van der Waals surface area contributed by atoms with Crippen molar-refractivity contribution >= 4 is 29.0 Å². The molecule has 0 aliphatic heterocycles. The molecule has 0 unspecified atom stereocenters. The average Bonchev–Trinajstić information content (AvgIpc) is 2.69. The van der Waals surface area contributed by atoms with E-state index >= 15 is 0 Å². The fourth-order valence-corrected chi connectivity index (χ4v) is 3.29. The monoisotopic (exact) mass is 442 g/mol. The van der Waals surface area contributed by atoms with E-state index in [0.29, 0.717) is 19.3 Å². The van der Waals surface area contributed by atoms with Gasteiger partial charge in [0.1, 0.15) is 11.7 Å². The zero-order chi connectivity index (χ0) is 22.3. The minimum Gasteiger partial charge on any atom is -0.386 e. The van der Waals surface area contributed by atoms with Crippen molar-refractivity contribution in [2.24, 2.45) is 22.4 Å². The van der Waals surface area contributed by atoms with E-state index in [1.54, 1.807) is 0 Å². The average molecular weight is 443 g/mol. The van der Waals surface area contributed by atoms with Crippen LogP contribution in [0.15, 0.2) is 35.0 Å². The number of nitrogens with zero attached hydrogens (tertiary/aromatic N) is 2. The molecular formula is C19H22ClF3N6O. The lowest BCUT2D eigenvalue weighted by molar-refractivity contribution is -0.114. The SMILES string of the molecule is N#C[C@H]1C[C@@H](NCC(F)F)CC[C@@H]1N/C=C(/C(N)=O)C(N)=Nc1ccc(Cl)c(F)c1. The van der Waals surface area contributed by atoms with Crippen molar-refractivity contribution in [3.63, 3.8) is 0 Å². The van der Waals surface area contributed by atoms with Crippen molar-refractivity contribution in [1.82, 2.24) is 10.6 Å². The van der Waals surface area contributed by atoms with E-state index in [4.69, 9.17) is 23.1 Å². The van der Waals surface area contributed by atoms with Crippen LogP contribution in [0.25, 0.3) is 0 Å². The summed E-state index contributed by atoms with van der Waals surface area (Å²) >= 11 is 5.62. The van der Waals surface area contributed by atoms with Gasteiger partial charge in [-0.3, -0.25) is 4.79 Å². The van der Waals surface area contributed by atoms with Gasteiger partial charge in [0.15, 0.2) is 0 Å². The maximum atomic E-state index is 13.6. The normalized spacial score (nSPS) is 22.6. The third kappa shape index (κ3) is 6.64. The van der Waals surface area contributed by atoms with Crippen molar-refractivity contribution in [3.8, 4) is 6.07 Å². The number of carbonyl (C=O) groups excluding carboxylic acids is 1. The second-order valence-electron chi connectivity index (χ2n) is 6.84. The van der Waals surface area contributed by atoms with Gasteiger partial charge in [-0.1, -0.05) is 11.6 Å². The summed E-state index contributed by atoms with van der Waals surface area (Å²) in [7, 11) is 0. The molecule has 0 bridgehead atoms. The number of primary amides is 1. The van der Waals surface area contributed by atoms with E-state index in [0.717, 1.165) is 6.07 Å². The van der Waals surface area contributed by atoms with Gasteiger partial charge in [-0.25, -0.2) is 18.2 Å². The predicted octanol–water partition coefficient (Wildman–Crippen LogP) is 2.34. The first-order valence-electron chi connectivity index (χ1n) is 9.18. The Morgan fingerprint density at radius 1 is 1.40 bits per heavy atom. The third-order valence-corrected chi connectivity index (χ3v) is 5.02. The first-order chi connectivity index (χ1) is 14.2. The molecule has 1 aromatic rings. The quantitative estimate of drug-likeness (QED) is 0.279. The van der Waals surface area contributed by atoms with Crippen LogP contribution in [0.5, 0.6) is 0 Å². The summed E-state index contributed by atoms with van der Waals surface area (Å²) in [6.45, 7) is -0.426. The molecule has 0 aromatic heterocycles. The second kappa shape index (κ2) is 10.8. The molecule has 162 valence electrons. The number of hydrogen-bond donors (Lipinski definition) is 4. The molecule has 1 aromatic carbocycles. The van der Waals surface area contributed by atoms with Crippen LogP contribution in [0.3, 0.4) is 0 Å². The fourth-order valence-electron chi connectivity index (χ4n) is 3.17. The van der Waals surface area contributed by atoms with Crippen LogP contribution in [0.4, 0.5) is 18.9 Å². The number of amidine groups is 1. The van der Waals surface area contributed by atoms with E-state index in [2.05, 4.69) is 21.7 Å². The van der Waals surface area contributed by atoms with Crippen LogP contribution < -0.4 is 22.1 Å². The van der Waals surface area contributed by atoms with E-state index in [-0.39, 0.29) is 34.2 Å². The molecule has 0 radical (unpaired) electrons. The number of nitrogens with two attached hydrogens (primary N) is 2. The summed E-state index contributed by atoms with van der Waals surface area (Å²) in [4.78, 5) is 15.8. The molecule has 2 rings (SSSR count).